The van der Waals surface area contributed by atoms with Crippen LogP contribution in [0, 0.1) is 17.8 Å². The van der Waals surface area contributed by atoms with Gasteiger partial charge in [-0.25, -0.2) is 4.79 Å². The SMILES string of the molecule is COc1ccc(-c2ccc3cc(C(=O)O)ccc3c2)cc1C12CC3CC(CC(C3)C1)C2.Cl. The summed E-state index contributed by atoms with van der Waals surface area (Å²) >= 11 is 0. The van der Waals surface area contributed by atoms with Crippen LogP contribution in [0.25, 0.3) is 21.9 Å². The molecule has 0 heterocycles. The van der Waals surface area contributed by atoms with Crippen LogP contribution < -0.4 is 4.74 Å². The molecule has 4 saturated carbocycles. The predicted molar refractivity (Wildman–Crippen MR) is 130 cm³/mol. The fourth-order valence-corrected chi connectivity index (χ4v) is 7.30. The maximum atomic E-state index is 11.3. The van der Waals surface area contributed by atoms with Gasteiger partial charge < -0.3 is 9.84 Å². The zero-order chi connectivity index (χ0) is 21.2. The number of carboxylic acids is 1. The van der Waals surface area contributed by atoms with Crippen molar-refractivity contribution in [1.82, 2.24) is 0 Å². The summed E-state index contributed by atoms with van der Waals surface area (Å²) in [6.07, 6.45) is 8.25. The molecule has 4 bridgehead atoms. The van der Waals surface area contributed by atoms with E-state index < -0.39 is 5.97 Å². The van der Waals surface area contributed by atoms with E-state index in [0.29, 0.717) is 5.56 Å². The maximum absolute atomic E-state index is 11.3. The molecule has 4 aliphatic carbocycles. The molecule has 4 fully saturated rings. The van der Waals surface area contributed by atoms with Gasteiger partial charge >= 0.3 is 5.97 Å². The highest BCUT2D eigenvalue weighted by molar-refractivity contribution is 5.95. The second-order valence-electron chi connectivity index (χ2n) is 10.2. The van der Waals surface area contributed by atoms with Crippen LogP contribution in [-0.4, -0.2) is 18.2 Å². The maximum Gasteiger partial charge on any atom is 0.335 e. The molecule has 4 aliphatic rings. The highest BCUT2D eigenvalue weighted by Crippen LogP contribution is 2.62. The minimum Gasteiger partial charge on any atom is -0.496 e. The number of methoxy groups -OCH3 is 1. The van der Waals surface area contributed by atoms with Gasteiger partial charge in [0.05, 0.1) is 12.7 Å². The summed E-state index contributed by atoms with van der Waals surface area (Å²) in [5.41, 5.74) is 4.41. The summed E-state index contributed by atoms with van der Waals surface area (Å²) in [7, 11) is 1.80. The van der Waals surface area contributed by atoms with Crippen LogP contribution in [0.4, 0.5) is 0 Å². The van der Waals surface area contributed by atoms with Gasteiger partial charge in [-0.05, 0) is 114 Å². The summed E-state index contributed by atoms with van der Waals surface area (Å²) in [5, 5.41) is 11.3. The average Bonchev–Trinajstić information content (AvgIpc) is 2.77. The van der Waals surface area contributed by atoms with Crippen molar-refractivity contribution < 1.29 is 14.6 Å². The van der Waals surface area contributed by atoms with E-state index in [1.165, 1.54) is 55.2 Å². The van der Waals surface area contributed by atoms with Gasteiger partial charge in [0.25, 0.3) is 0 Å². The molecule has 3 nitrogen and oxygen atoms in total. The summed E-state index contributed by atoms with van der Waals surface area (Å²) in [6, 6.07) is 18.4. The molecule has 1 N–H and O–H groups in total. The molecular weight excluding hydrogens is 420 g/mol. The first kappa shape index (κ1) is 21.3. The van der Waals surface area contributed by atoms with E-state index in [0.717, 1.165) is 34.3 Å². The summed E-state index contributed by atoms with van der Waals surface area (Å²) in [5.74, 6) is 2.83. The van der Waals surface area contributed by atoms with Crippen LogP contribution in [-0.2, 0) is 5.41 Å². The van der Waals surface area contributed by atoms with Gasteiger partial charge in [-0.2, -0.15) is 0 Å². The van der Waals surface area contributed by atoms with Crippen molar-refractivity contribution >= 4 is 29.1 Å². The van der Waals surface area contributed by atoms with Crippen molar-refractivity contribution in [3.63, 3.8) is 0 Å². The van der Waals surface area contributed by atoms with Crippen LogP contribution in [0.2, 0.25) is 0 Å². The van der Waals surface area contributed by atoms with E-state index in [9.17, 15) is 9.90 Å². The first-order valence-corrected chi connectivity index (χ1v) is 11.5. The Balaban J connectivity index is 0.00000216. The molecule has 0 amide bonds. The topological polar surface area (TPSA) is 46.5 Å². The average molecular weight is 449 g/mol. The van der Waals surface area contributed by atoms with Crippen LogP contribution in [0.3, 0.4) is 0 Å². The molecule has 4 heteroatoms. The largest absolute Gasteiger partial charge is 0.496 e. The second-order valence-corrected chi connectivity index (χ2v) is 10.2. The third kappa shape index (κ3) is 3.38. The smallest absolute Gasteiger partial charge is 0.335 e. The Morgan fingerprint density at radius 1 is 0.844 bits per heavy atom. The number of halogens is 1. The van der Waals surface area contributed by atoms with Crippen molar-refractivity contribution in [1.29, 1.82) is 0 Å². The Bertz CT molecular complexity index is 1160. The van der Waals surface area contributed by atoms with E-state index in [-0.39, 0.29) is 17.8 Å². The number of carbonyl (C=O) groups is 1. The molecular formula is C28H29ClO3. The normalized spacial score (nSPS) is 27.8. The number of benzene rings is 3. The van der Waals surface area contributed by atoms with Gasteiger partial charge in [0.2, 0.25) is 0 Å². The minimum absolute atomic E-state index is 0. The highest BCUT2D eigenvalue weighted by atomic mass is 35.5. The highest BCUT2D eigenvalue weighted by Gasteiger charge is 2.52. The molecule has 0 aliphatic heterocycles. The number of carboxylic acid groups (broad SMARTS) is 1. The lowest BCUT2D eigenvalue weighted by Gasteiger charge is -2.57. The van der Waals surface area contributed by atoms with Gasteiger partial charge in [0.1, 0.15) is 5.75 Å². The van der Waals surface area contributed by atoms with Crippen molar-refractivity contribution in [2.75, 3.05) is 7.11 Å². The number of hydrogen-bond acceptors (Lipinski definition) is 2. The number of ether oxygens (including phenoxy) is 1. The fourth-order valence-electron chi connectivity index (χ4n) is 7.30. The Morgan fingerprint density at radius 3 is 2.03 bits per heavy atom. The van der Waals surface area contributed by atoms with Crippen molar-refractivity contribution in [3.05, 3.63) is 65.7 Å². The molecule has 0 saturated heterocycles. The first-order chi connectivity index (χ1) is 15.0. The third-order valence-corrected chi connectivity index (χ3v) is 8.23. The van der Waals surface area contributed by atoms with Crippen LogP contribution in [0.5, 0.6) is 5.75 Å². The van der Waals surface area contributed by atoms with Crippen LogP contribution in [0.15, 0.2) is 54.6 Å². The Hall–Kier alpha value is -2.52. The molecule has 3 aromatic rings. The van der Waals surface area contributed by atoms with Gasteiger partial charge in [-0.15, -0.1) is 12.4 Å². The number of rotatable bonds is 4. The van der Waals surface area contributed by atoms with Crippen molar-refractivity contribution in [2.45, 2.75) is 43.9 Å². The monoisotopic (exact) mass is 448 g/mol. The van der Waals surface area contributed by atoms with Crippen LogP contribution in [0.1, 0.15) is 54.4 Å². The zero-order valence-electron chi connectivity index (χ0n) is 18.3. The summed E-state index contributed by atoms with van der Waals surface area (Å²) in [6.45, 7) is 0. The van der Waals surface area contributed by atoms with E-state index >= 15 is 0 Å². The van der Waals surface area contributed by atoms with E-state index in [4.69, 9.17) is 4.74 Å². The molecule has 0 spiro atoms. The molecule has 0 radical (unpaired) electrons. The summed E-state index contributed by atoms with van der Waals surface area (Å²) in [4.78, 5) is 11.3. The third-order valence-electron chi connectivity index (χ3n) is 8.23. The van der Waals surface area contributed by atoms with Gasteiger partial charge in [-0.1, -0.05) is 24.3 Å². The minimum atomic E-state index is -0.888. The molecule has 166 valence electrons. The predicted octanol–water partition coefficient (Wildman–Crippen LogP) is 7.10. The van der Waals surface area contributed by atoms with E-state index in [1.807, 2.05) is 12.1 Å². The number of fused-ring (bicyclic) bond motifs is 1. The van der Waals surface area contributed by atoms with Crippen LogP contribution >= 0.6 is 12.4 Å². The summed E-state index contributed by atoms with van der Waals surface area (Å²) < 4.78 is 5.88. The fraction of sp³-hybridized carbons (Fsp3) is 0.393. The lowest BCUT2D eigenvalue weighted by atomic mass is 9.48. The molecule has 32 heavy (non-hydrogen) atoms. The lowest BCUT2D eigenvalue weighted by molar-refractivity contribution is -0.00613. The second kappa shape index (κ2) is 7.81. The first-order valence-electron chi connectivity index (χ1n) is 11.5. The lowest BCUT2D eigenvalue weighted by Crippen LogP contribution is -2.48. The molecule has 0 atom stereocenters. The Morgan fingerprint density at radius 2 is 1.41 bits per heavy atom. The standard InChI is InChI=1S/C28H28O3.ClH/c1-31-26-7-6-23(21-2-3-22-12-24(27(29)30)5-4-20(22)11-21)13-25(26)28-14-17-8-18(15-28)10-19(9-17)16-28;/h2-7,11-13,17-19H,8-10,14-16H2,1H3,(H,29,30);1H. The molecule has 7 rings (SSSR count). The molecule has 0 aromatic heterocycles. The number of hydrogen-bond donors (Lipinski definition) is 1. The number of aromatic carboxylic acids is 1. The van der Waals surface area contributed by atoms with Gasteiger partial charge in [0.15, 0.2) is 0 Å². The van der Waals surface area contributed by atoms with Crippen molar-refractivity contribution in [2.24, 2.45) is 17.8 Å². The van der Waals surface area contributed by atoms with Gasteiger partial charge in [-0.3, -0.25) is 0 Å². The van der Waals surface area contributed by atoms with Gasteiger partial charge in [0, 0.05) is 5.56 Å². The van der Waals surface area contributed by atoms with E-state index in [2.05, 4.69) is 30.3 Å². The molecule has 3 aromatic carbocycles. The Kier molecular flexibility index (Phi) is 5.21. The zero-order valence-corrected chi connectivity index (χ0v) is 19.2. The van der Waals surface area contributed by atoms with E-state index in [1.54, 1.807) is 19.2 Å². The Labute approximate surface area is 195 Å². The quantitative estimate of drug-likeness (QED) is 0.462. The molecule has 0 unspecified atom stereocenters. The van der Waals surface area contributed by atoms with Crippen molar-refractivity contribution in [3.8, 4) is 16.9 Å².